The highest BCUT2D eigenvalue weighted by atomic mass is 16.3. The Morgan fingerprint density at radius 1 is 0.929 bits per heavy atom. The Balaban J connectivity index is 2.31. The number of likely N-dealkylation sites (N-methyl/N-ethyl adjacent to an activating group) is 1. The molecule has 1 atom stereocenters. The Bertz CT molecular complexity index is 725. The minimum Gasteiger partial charge on any atom is -0.395 e. The second kappa shape index (κ2) is 10.4. The molecular formula is C23H32N2O3. The van der Waals surface area contributed by atoms with Crippen LogP contribution in [0.5, 0.6) is 0 Å². The van der Waals surface area contributed by atoms with Crippen LogP contribution in [0.2, 0.25) is 0 Å². The Hall–Kier alpha value is -2.21. The van der Waals surface area contributed by atoms with E-state index >= 15 is 0 Å². The standard InChI is InChI=1S/C23H32N2O3/c1-4-23(24(2)3,18-19-8-6-5-7-9-19)22(28)20-10-12-21(13-11-20)25(14-16-26)15-17-27/h5-13,26-27H,4,14-18H2,1-3H3. The molecule has 0 saturated heterocycles. The van der Waals surface area contributed by atoms with E-state index in [1.54, 1.807) is 0 Å². The predicted molar refractivity (Wildman–Crippen MR) is 114 cm³/mol. The van der Waals surface area contributed by atoms with E-state index in [9.17, 15) is 15.0 Å². The van der Waals surface area contributed by atoms with Gasteiger partial charge in [-0.1, -0.05) is 37.3 Å². The molecule has 0 aromatic heterocycles. The summed E-state index contributed by atoms with van der Waals surface area (Å²) >= 11 is 0. The van der Waals surface area contributed by atoms with E-state index in [2.05, 4.69) is 19.1 Å². The van der Waals surface area contributed by atoms with Crippen LogP contribution in [0.15, 0.2) is 54.6 Å². The van der Waals surface area contributed by atoms with Crippen molar-refractivity contribution < 1.29 is 15.0 Å². The zero-order valence-electron chi connectivity index (χ0n) is 17.1. The summed E-state index contributed by atoms with van der Waals surface area (Å²) in [5, 5.41) is 18.4. The minimum absolute atomic E-state index is 0.0112. The van der Waals surface area contributed by atoms with Crippen LogP contribution in [0.25, 0.3) is 0 Å². The van der Waals surface area contributed by atoms with Gasteiger partial charge in [0.15, 0.2) is 5.78 Å². The van der Waals surface area contributed by atoms with Crippen LogP contribution in [0.1, 0.15) is 29.3 Å². The van der Waals surface area contributed by atoms with E-state index in [0.717, 1.165) is 11.3 Å². The molecule has 152 valence electrons. The number of nitrogens with zero attached hydrogens (tertiary/aromatic N) is 2. The first-order valence-electron chi connectivity index (χ1n) is 9.81. The number of hydrogen-bond acceptors (Lipinski definition) is 5. The van der Waals surface area contributed by atoms with Gasteiger partial charge in [0.25, 0.3) is 0 Å². The van der Waals surface area contributed by atoms with Gasteiger partial charge in [-0.25, -0.2) is 0 Å². The number of benzene rings is 2. The molecule has 0 amide bonds. The molecule has 0 spiro atoms. The van der Waals surface area contributed by atoms with E-state index in [-0.39, 0.29) is 19.0 Å². The lowest BCUT2D eigenvalue weighted by Crippen LogP contribution is -2.52. The molecule has 0 radical (unpaired) electrons. The fourth-order valence-corrected chi connectivity index (χ4v) is 3.68. The summed E-state index contributed by atoms with van der Waals surface area (Å²) in [5.74, 6) is 0.103. The highest BCUT2D eigenvalue weighted by Gasteiger charge is 2.39. The van der Waals surface area contributed by atoms with Crippen molar-refractivity contribution in [2.24, 2.45) is 0 Å². The van der Waals surface area contributed by atoms with Gasteiger partial charge in [0.2, 0.25) is 0 Å². The van der Waals surface area contributed by atoms with Crippen LogP contribution in [0.3, 0.4) is 0 Å². The number of carbonyl (C=O) groups is 1. The fraction of sp³-hybridized carbons (Fsp3) is 0.435. The molecule has 0 aliphatic heterocycles. The van der Waals surface area contributed by atoms with Crippen LogP contribution < -0.4 is 4.90 Å². The van der Waals surface area contributed by atoms with Crippen molar-refractivity contribution in [3.8, 4) is 0 Å². The third-order valence-electron chi connectivity index (χ3n) is 5.44. The average Bonchev–Trinajstić information content (AvgIpc) is 2.72. The molecule has 5 heteroatoms. The highest BCUT2D eigenvalue weighted by Crippen LogP contribution is 2.28. The van der Waals surface area contributed by atoms with E-state index in [1.165, 1.54) is 0 Å². The summed E-state index contributed by atoms with van der Waals surface area (Å²) in [6, 6.07) is 17.6. The van der Waals surface area contributed by atoms with Crippen molar-refractivity contribution in [1.29, 1.82) is 0 Å². The number of aliphatic hydroxyl groups excluding tert-OH is 2. The third kappa shape index (κ3) is 4.98. The first-order valence-corrected chi connectivity index (χ1v) is 9.81. The van der Waals surface area contributed by atoms with Crippen molar-refractivity contribution in [1.82, 2.24) is 4.90 Å². The minimum atomic E-state index is -0.612. The quantitative estimate of drug-likeness (QED) is 0.583. The molecule has 2 aromatic rings. The van der Waals surface area contributed by atoms with Gasteiger partial charge in [-0.3, -0.25) is 9.69 Å². The smallest absolute Gasteiger partial charge is 0.183 e. The van der Waals surface area contributed by atoms with Crippen LogP contribution in [-0.4, -0.2) is 66.8 Å². The average molecular weight is 385 g/mol. The van der Waals surface area contributed by atoms with E-state index in [4.69, 9.17) is 0 Å². The number of aliphatic hydroxyl groups is 2. The molecule has 2 rings (SSSR count). The Kier molecular flexibility index (Phi) is 8.18. The van der Waals surface area contributed by atoms with Crippen molar-refractivity contribution in [2.45, 2.75) is 25.3 Å². The normalized spacial score (nSPS) is 13.4. The molecule has 2 N–H and O–H groups in total. The maximum absolute atomic E-state index is 13.5. The molecule has 28 heavy (non-hydrogen) atoms. The zero-order chi connectivity index (χ0) is 20.6. The van der Waals surface area contributed by atoms with Gasteiger partial charge in [-0.15, -0.1) is 0 Å². The first kappa shape index (κ1) is 22.1. The summed E-state index contributed by atoms with van der Waals surface area (Å²) in [7, 11) is 3.92. The maximum Gasteiger partial charge on any atom is 0.183 e. The topological polar surface area (TPSA) is 64.0 Å². The molecule has 0 fully saturated rings. The van der Waals surface area contributed by atoms with Crippen molar-refractivity contribution in [3.05, 3.63) is 65.7 Å². The summed E-state index contributed by atoms with van der Waals surface area (Å²) in [5.41, 5.74) is 2.08. The monoisotopic (exact) mass is 384 g/mol. The SMILES string of the molecule is CCC(Cc1ccccc1)(C(=O)c1ccc(N(CCO)CCO)cc1)N(C)C. The van der Waals surface area contributed by atoms with Crippen molar-refractivity contribution in [3.63, 3.8) is 0 Å². The lowest BCUT2D eigenvalue weighted by atomic mass is 9.80. The number of hydrogen-bond donors (Lipinski definition) is 2. The summed E-state index contributed by atoms with van der Waals surface area (Å²) < 4.78 is 0. The van der Waals surface area contributed by atoms with Gasteiger partial charge in [-0.05, 0) is 56.8 Å². The third-order valence-corrected chi connectivity index (χ3v) is 5.44. The molecule has 0 bridgehead atoms. The van der Waals surface area contributed by atoms with E-state index in [1.807, 2.05) is 66.4 Å². The molecular weight excluding hydrogens is 352 g/mol. The van der Waals surface area contributed by atoms with Crippen molar-refractivity contribution >= 4 is 11.5 Å². The fourth-order valence-electron chi connectivity index (χ4n) is 3.68. The molecule has 1 unspecified atom stereocenters. The first-order chi connectivity index (χ1) is 13.5. The Morgan fingerprint density at radius 2 is 1.50 bits per heavy atom. The lowest BCUT2D eigenvalue weighted by Gasteiger charge is -2.38. The van der Waals surface area contributed by atoms with Gasteiger partial charge >= 0.3 is 0 Å². The zero-order valence-corrected chi connectivity index (χ0v) is 17.1. The van der Waals surface area contributed by atoms with E-state index in [0.29, 0.717) is 31.5 Å². The molecule has 5 nitrogen and oxygen atoms in total. The maximum atomic E-state index is 13.5. The lowest BCUT2D eigenvalue weighted by molar-refractivity contribution is 0.0666. The molecule has 2 aromatic carbocycles. The highest BCUT2D eigenvalue weighted by molar-refractivity contribution is 6.03. The summed E-state index contributed by atoms with van der Waals surface area (Å²) in [4.78, 5) is 17.5. The number of ketones is 1. The molecule has 0 aliphatic carbocycles. The van der Waals surface area contributed by atoms with Gasteiger partial charge in [-0.2, -0.15) is 0 Å². The van der Waals surface area contributed by atoms with E-state index < -0.39 is 5.54 Å². The summed E-state index contributed by atoms with van der Waals surface area (Å²) in [6.07, 6.45) is 1.36. The molecule has 0 heterocycles. The number of anilines is 1. The number of rotatable bonds is 11. The second-order valence-electron chi connectivity index (χ2n) is 7.25. The van der Waals surface area contributed by atoms with Crippen LogP contribution >= 0.6 is 0 Å². The van der Waals surface area contributed by atoms with Gasteiger partial charge in [0, 0.05) is 24.3 Å². The molecule has 0 saturated carbocycles. The second-order valence-corrected chi connectivity index (χ2v) is 7.25. The van der Waals surface area contributed by atoms with Crippen LogP contribution in [0, 0.1) is 0 Å². The predicted octanol–water partition coefficient (Wildman–Crippen LogP) is 2.61. The Labute approximate surface area is 168 Å². The number of Topliss-reactive ketones (excluding diaryl/α,β-unsaturated/α-hetero) is 1. The van der Waals surface area contributed by atoms with Crippen molar-refractivity contribution in [2.75, 3.05) is 45.3 Å². The van der Waals surface area contributed by atoms with Gasteiger partial charge in [0.1, 0.15) is 0 Å². The number of carbonyl (C=O) groups excluding carboxylic acids is 1. The van der Waals surface area contributed by atoms with Crippen LogP contribution in [-0.2, 0) is 6.42 Å². The summed E-state index contributed by atoms with van der Waals surface area (Å²) in [6.45, 7) is 2.96. The Morgan fingerprint density at radius 3 is 1.96 bits per heavy atom. The largest absolute Gasteiger partial charge is 0.395 e. The molecule has 0 aliphatic rings. The van der Waals surface area contributed by atoms with Gasteiger partial charge < -0.3 is 15.1 Å². The van der Waals surface area contributed by atoms with Gasteiger partial charge in [0.05, 0.1) is 18.8 Å². The van der Waals surface area contributed by atoms with Crippen LogP contribution in [0.4, 0.5) is 5.69 Å².